The van der Waals surface area contributed by atoms with Gasteiger partial charge in [0.15, 0.2) is 5.13 Å². The first-order chi connectivity index (χ1) is 12.8. The number of halogens is 3. The number of alkyl halides is 3. The van der Waals surface area contributed by atoms with E-state index in [1.807, 2.05) is 0 Å². The number of amides is 2. The summed E-state index contributed by atoms with van der Waals surface area (Å²) >= 11 is 1.07. The zero-order valence-corrected chi connectivity index (χ0v) is 14.6. The minimum atomic E-state index is -4.59. The van der Waals surface area contributed by atoms with Gasteiger partial charge in [-0.25, -0.2) is 14.6 Å². The number of methoxy groups -OCH3 is 1. The molecule has 27 heavy (non-hydrogen) atoms. The van der Waals surface area contributed by atoms with Gasteiger partial charge in [0.05, 0.1) is 34.1 Å². The van der Waals surface area contributed by atoms with Gasteiger partial charge < -0.3 is 10.1 Å². The summed E-state index contributed by atoms with van der Waals surface area (Å²) in [5, 5.41) is 4.74. The van der Waals surface area contributed by atoms with Crippen LogP contribution < -0.4 is 10.6 Å². The zero-order valence-electron chi connectivity index (χ0n) is 13.8. The second-order valence-corrected chi connectivity index (χ2v) is 6.35. The maximum atomic E-state index is 13.0. The van der Waals surface area contributed by atoms with Gasteiger partial charge in [0.25, 0.3) is 0 Å². The Hall–Kier alpha value is -3.14. The first kappa shape index (κ1) is 18.6. The number of esters is 1. The molecule has 0 aliphatic rings. The van der Waals surface area contributed by atoms with E-state index in [0.717, 1.165) is 23.5 Å². The number of nitrogens with zero attached hydrogens (tertiary/aromatic N) is 1. The standard InChI is InChI=1S/C17H12F3N3O3S/c1-26-14(24)9-6-7-12-13(8-9)27-16(22-12)23-15(25)21-11-5-3-2-4-10(11)17(18,19)20/h2-8H,1H3,(H2,21,22,23,25). The fraction of sp³-hybridized carbons (Fsp3) is 0.118. The molecule has 3 rings (SSSR count). The second-order valence-electron chi connectivity index (χ2n) is 5.32. The predicted octanol–water partition coefficient (Wildman–Crippen LogP) is 4.75. The number of anilines is 2. The summed E-state index contributed by atoms with van der Waals surface area (Å²) in [6.07, 6.45) is -4.59. The van der Waals surface area contributed by atoms with Crippen LogP contribution in [0.3, 0.4) is 0 Å². The van der Waals surface area contributed by atoms with Crippen molar-refractivity contribution in [1.82, 2.24) is 4.98 Å². The fourth-order valence-electron chi connectivity index (χ4n) is 2.31. The normalized spacial score (nSPS) is 11.3. The van der Waals surface area contributed by atoms with Crippen LogP contribution in [-0.2, 0) is 10.9 Å². The van der Waals surface area contributed by atoms with E-state index in [9.17, 15) is 22.8 Å². The van der Waals surface area contributed by atoms with Crippen LogP contribution in [0.4, 0.5) is 28.8 Å². The molecule has 1 aromatic heterocycles. The molecule has 3 aromatic rings. The Morgan fingerprint density at radius 1 is 1.11 bits per heavy atom. The van der Waals surface area contributed by atoms with Gasteiger partial charge in [-0.15, -0.1) is 0 Å². The molecule has 0 bridgehead atoms. The maximum absolute atomic E-state index is 13.0. The van der Waals surface area contributed by atoms with Gasteiger partial charge in [-0.05, 0) is 30.3 Å². The number of aromatic nitrogens is 1. The number of urea groups is 1. The Bertz CT molecular complexity index is 1020. The fourth-order valence-corrected chi connectivity index (χ4v) is 3.21. The SMILES string of the molecule is COC(=O)c1ccc2nc(NC(=O)Nc3ccccc3C(F)(F)F)sc2c1. The van der Waals surface area contributed by atoms with Crippen molar-refractivity contribution in [2.45, 2.75) is 6.18 Å². The third-order valence-corrected chi connectivity index (χ3v) is 4.44. The molecular formula is C17H12F3N3O3S. The summed E-state index contributed by atoms with van der Waals surface area (Å²) in [5.41, 5.74) is -0.467. The number of rotatable bonds is 3. The lowest BCUT2D eigenvalue weighted by atomic mass is 10.1. The third kappa shape index (κ3) is 4.17. The van der Waals surface area contributed by atoms with Gasteiger partial charge in [-0.2, -0.15) is 13.2 Å². The molecule has 0 fully saturated rings. The Kier molecular flexibility index (Phi) is 5.00. The highest BCUT2D eigenvalue weighted by Gasteiger charge is 2.33. The van der Waals surface area contributed by atoms with E-state index in [1.165, 1.54) is 25.3 Å². The van der Waals surface area contributed by atoms with E-state index in [1.54, 1.807) is 12.1 Å². The smallest absolute Gasteiger partial charge is 0.418 e. The van der Waals surface area contributed by atoms with Crippen molar-refractivity contribution >= 4 is 44.4 Å². The van der Waals surface area contributed by atoms with Gasteiger partial charge in [0, 0.05) is 0 Å². The van der Waals surface area contributed by atoms with E-state index in [-0.39, 0.29) is 10.8 Å². The van der Waals surface area contributed by atoms with Crippen LogP contribution in [0.15, 0.2) is 42.5 Å². The van der Waals surface area contributed by atoms with E-state index in [0.29, 0.717) is 15.8 Å². The van der Waals surface area contributed by atoms with Crippen LogP contribution in [0.5, 0.6) is 0 Å². The number of fused-ring (bicyclic) bond motifs is 1. The van der Waals surface area contributed by atoms with Gasteiger partial charge in [-0.3, -0.25) is 5.32 Å². The summed E-state index contributed by atoms with van der Waals surface area (Å²) in [5.74, 6) is -0.513. The number of para-hydroxylation sites is 1. The van der Waals surface area contributed by atoms with E-state index >= 15 is 0 Å². The van der Waals surface area contributed by atoms with Crippen LogP contribution in [-0.4, -0.2) is 24.1 Å². The number of carbonyl (C=O) groups is 2. The number of benzene rings is 2. The molecule has 1 heterocycles. The molecular weight excluding hydrogens is 383 g/mol. The van der Waals surface area contributed by atoms with Gasteiger partial charge in [0.1, 0.15) is 0 Å². The lowest BCUT2D eigenvalue weighted by Crippen LogP contribution is -2.21. The number of hydrogen-bond donors (Lipinski definition) is 2. The van der Waals surface area contributed by atoms with Crippen molar-refractivity contribution < 1.29 is 27.5 Å². The molecule has 140 valence electrons. The third-order valence-electron chi connectivity index (χ3n) is 3.51. The minimum Gasteiger partial charge on any atom is -0.465 e. The van der Waals surface area contributed by atoms with Crippen LogP contribution in [0, 0.1) is 0 Å². The lowest BCUT2D eigenvalue weighted by Gasteiger charge is -2.13. The molecule has 0 aliphatic carbocycles. The monoisotopic (exact) mass is 395 g/mol. The molecule has 0 unspecified atom stereocenters. The number of ether oxygens (including phenoxy) is 1. The molecule has 6 nitrogen and oxygen atoms in total. The van der Waals surface area contributed by atoms with Crippen molar-refractivity contribution in [2.75, 3.05) is 17.7 Å². The van der Waals surface area contributed by atoms with Gasteiger partial charge >= 0.3 is 18.2 Å². The number of thiazole rings is 1. The molecule has 0 spiro atoms. The number of hydrogen-bond acceptors (Lipinski definition) is 5. The van der Waals surface area contributed by atoms with E-state index in [2.05, 4.69) is 20.4 Å². The van der Waals surface area contributed by atoms with Crippen molar-refractivity contribution in [1.29, 1.82) is 0 Å². The highest BCUT2D eigenvalue weighted by Crippen LogP contribution is 2.34. The highest BCUT2D eigenvalue weighted by atomic mass is 32.1. The molecule has 0 saturated carbocycles. The lowest BCUT2D eigenvalue weighted by molar-refractivity contribution is -0.136. The Labute approximate surface area is 155 Å². The van der Waals surface area contributed by atoms with Crippen molar-refractivity contribution in [2.24, 2.45) is 0 Å². The summed E-state index contributed by atoms with van der Waals surface area (Å²) in [6, 6.07) is 8.46. The summed E-state index contributed by atoms with van der Waals surface area (Å²) in [7, 11) is 1.26. The van der Waals surface area contributed by atoms with Crippen LogP contribution in [0.1, 0.15) is 15.9 Å². The second kappa shape index (κ2) is 7.23. The molecule has 0 aliphatic heterocycles. The molecule has 2 aromatic carbocycles. The Morgan fingerprint density at radius 2 is 1.85 bits per heavy atom. The maximum Gasteiger partial charge on any atom is 0.418 e. The quantitative estimate of drug-likeness (QED) is 0.628. The molecule has 0 atom stereocenters. The molecule has 0 saturated heterocycles. The van der Waals surface area contributed by atoms with E-state index < -0.39 is 23.7 Å². The van der Waals surface area contributed by atoms with Crippen molar-refractivity contribution in [3.63, 3.8) is 0 Å². The summed E-state index contributed by atoms with van der Waals surface area (Å²) < 4.78 is 44.2. The topological polar surface area (TPSA) is 80.3 Å². The first-order valence-corrected chi connectivity index (χ1v) is 8.32. The van der Waals surface area contributed by atoms with Gasteiger partial charge in [0.2, 0.25) is 0 Å². The number of carbonyl (C=O) groups excluding carboxylic acids is 2. The molecule has 2 N–H and O–H groups in total. The molecule has 0 radical (unpaired) electrons. The van der Waals surface area contributed by atoms with Crippen LogP contribution in [0.2, 0.25) is 0 Å². The zero-order chi connectivity index (χ0) is 19.6. The average molecular weight is 395 g/mol. The molecule has 10 heteroatoms. The average Bonchev–Trinajstić information content (AvgIpc) is 3.01. The summed E-state index contributed by atoms with van der Waals surface area (Å²) in [4.78, 5) is 27.8. The van der Waals surface area contributed by atoms with Crippen LogP contribution in [0.25, 0.3) is 10.2 Å². The highest BCUT2D eigenvalue weighted by molar-refractivity contribution is 7.22. The molecule has 2 amide bonds. The first-order valence-electron chi connectivity index (χ1n) is 7.51. The van der Waals surface area contributed by atoms with Crippen LogP contribution >= 0.6 is 11.3 Å². The Morgan fingerprint density at radius 3 is 2.56 bits per heavy atom. The van der Waals surface area contributed by atoms with Crippen molar-refractivity contribution in [3.05, 3.63) is 53.6 Å². The van der Waals surface area contributed by atoms with Gasteiger partial charge in [-0.1, -0.05) is 23.5 Å². The Balaban J connectivity index is 1.78. The minimum absolute atomic E-state index is 0.175. The van der Waals surface area contributed by atoms with Crippen molar-refractivity contribution in [3.8, 4) is 0 Å². The predicted molar refractivity (Wildman–Crippen MR) is 95.0 cm³/mol. The largest absolute Gasteiger partial charge is 0.465 e. The van der Waals surface area contributed by atoms with E-state index in [4.69, 9.17) is 0 Å². The number of nitrogens with one attached hydrogen (secondary N) is 2. The summed E-state index contributed by atoms with van der Waals surface area (Å²) in [6.45, 7) is 0.